The van der Waals surface area contributed by atoms with E-state index in [1.165, 1.54) is 6.07 Å². The molecule has 1 heterocycles. The number of thiocarbonyl (C=S) groups is 1. The maximum absolute atomic E-state index is 14.1. The van der Waals surface area contributed by atoms with E-state index in [9.17, 15) is 9.18 Å². The Hall–Kier alpha value is -1.21. The van der Waals surface area contributed by atoms with Gasteiger partial charge in [0.15, 0.2) is 5.82 Å². The minimum absolute atomic E-state index is 0.111. The lowest BCUT2D eigenvalue weighted by Gasteiger charge is -2.24. The third kappa shape index (κ3) is 3.03. The van der Waals surface area contributed by atoms with E-state index in [4.69, 9.17) is 18.0 Å². The second kappa shape index (κ2) is 5.83. The smallest absolute Gasteiger partial charge is 0.242 e. The van der Waals surface area contributed by atoms with Gasteiger partial charge in [-0.2, -0.15) is 0 Å². The van der Waals surface area contributed by atoms with Crippen molar-refractivity contribution in [3.8, 4) is 0 Å². The fourth-order valence-electron chi connectivity index (χ4n) is 1.95. The summed E-state index contributed by atoms with van der Waals surface area (Å²) in [6, 6.07) is 2.75. The Morgan fingerprint density at radius 3 is 2.95 bits per heavy atom. The number of hydrogen-bond donors (Lipinski definition) is 3. The second-order valence-electron chi connectivity index (χ2n) is 4.28. The third-order valence-corrected chi connectivity index (χ3v) is 3.96. The Balaban J connectivity index is 2.24. The highest BCUT2D eigenvalue weighted by molar-refractivity contribution is 9.10. The first-order valence-electron chi connectivity index (χ1n) is 5.82. The fourth-order valence-corrected chi connectivity index (χ4v) is 2.81. The molecular weight excluding hydrogens is 333 g/mol. The van der Waals surface area contributed by atoms with Crippen LogP contribution in [0.2, 0.25) is 0 Å². The molecule has 0 saturated carbocycles. The van der Waals surface area contributed by atoms with Gasteiger partial charge in [-0.15, -0.1) is 0 Å². The normalized spacial score (nSPS) is 18.8. The van der Waals surface area contributed by atoms with Gasteiger partial charge in [0.1, 0.15) is 11.0 Å². The van der Waals surface area contributed by atoms with E-state index in [1.807, 2.05) is 0 Å². The van der Waals surface area contributed by atoms with Crippen molar-refractivity contribution >= 4 is 44.7 Å². The lowest BCUT2D eigenvalue weighted by atomic mass is 10.1. The minimum Gasteiger partial charge on any atom is -0.389 e. The van der Waals surface area contributed by atoms with E-state index >= 15 is 0 Å². The van der Waals surface area contributed by atoms with Crippen LogP contribution in [0.4, 0.5) is 10.1 Å². The summed E-state index contributed by atoms with van der Waals surface area (Å²) in [6.45, 7) is 0.670. The number of anilines is 1. The second-order valence-corrected chi connectivity index (χ2v) is 5.52. The molecule has 1 aliphatic rings. The van der Waals surface area contributed by atoms with Crippen molar-refractivity contribution in [2.24, 2.45) is 5.73 Å². The van der Waals surface area contributed by atoms with Crippen LogP contribution < -0.4 is 16.4 Å². The van der Waals surface area contributed by atoms with E-state index in [0.717, 1.165) is 6.42 Å². The van der Waals surface area contributed by atoms with Crippen LogP contribution >= 0.6 is 28.1 Å². The average Bonchev–Trinajstić information content (AvgIpc) is 2.37. The van der Waals surface area contributed by atoms with Crippen molar-refractivity contribution in [2.75, 3.05) is 11.9 Å². The van der Waals surface area contributed by atoms with Gasteiger partial charge < -0.3 is 16.4 Å². The molecule has 1 saturated heterocycles. The standard InChI is InChI=1S/C12H13BrFN3OS/c13-9-6(11(15)19)3-4-7(10(9)14)17-8-2-1-5-16-12(8)18/h3-4,8,17H,1-2,5H2,(H2,15,19)(H,16,18). The molecule has 4 N–H and O–H groups in total. The van der Waals surface area contributed by atoms with E-state index in [-0.39, 0.29) is 21.1 Å². The highest BCUT2D eigenvalue weighted by Crippen LogP contribution is 2.28. The summed E-state index contributed by atoms with van der Waals surface area (Å²) in [5, 5.41) is 5.64. The van der Waals surface area contributed by atoms with Crippen LogP contribution in [0.1, 0.15) is 18.4 Å². The first kappa shape index (κ1) is 14.2. The maximum atomic E-state index is 14.1. The van der Waals surface area contributed by atoms with E-state index < -0.39 is 11.9 Å². The molecule has 1 unspecified atom stereocenters. The number of halogens is 2. The summed E-state index contributed by atoms with van der Waals surface area (Å²) in [6.07, 6.45) is 1.55. The molecule has 7 heteroatoms. The van der Waals surface area contributed by atoms with Crippen molar-refractivity contribution in [1.82, 2.24) is 5.32 Å². The molecule has 0 radical (unpaired) electrons. The highest BCUT2D eigenvalue weighted by Gasteiger charge is 2.23. The van der Waals surface area contributed by atoms with Crippen LogP contribution in [-0.2, 0) is 4.79 Å². The lowest BCUT2D eigenvalue weighted by molar-refractivity contribution is -0.123. The van der Waals surface area contributed by atoms with Crippen LogP contribution in [0.15, 0.2) is 16.6 Å². The van der Waals surface area contributed by atoms with Crippen molar-refractivity contribution in [2.45, 2.75) is 18.9 Å². The first-order chi connectivity index (χ1) is 9.00. The van der Waals surface area contributed by atoms with Crippen molar-refractivity contribution in [3.63, 3.8) is 0 Å². The molecule has 102 valence electrons. The Bertz CT molecular complexity index is 538. The van der Waals surface area contributed by atoms with Crippen LogP contribution in [0, 0.1) is 5.82 Å². The van der Waals surface area contributed by atoms with Gasteiger partial charge in [0.2, 0.25) is 5.91 Å². The van der Waals surface area contributed by atoms with Gasteiger partial charge in [-0.05, 0) is 40.9 Å². The molecule has 4 nitrogen and oxygen atoms in total. The predicted molar refractivity (Wildman–Crippen MR) is 79.6 cm³/mol. The molecule has 0 aromatic heterocycles. The van der Waals surface area contributed by atoms with Crippen LogP contribution in [0.25, 0.3) is 0 Å². The summed E-state index contributed by atoms with van der Waals surface area (Å²) in [5.41, 5.74) is 6.18. The number of amides is 1. The summed E-state index contributed by atoms with van der Waals surface area (Å²) in [4.78, 5) is 11.7. The Morgan fingerprint density at radius 2 is 2.32 bits per heavy atom. The topological polar surface area (TPSA) is 67.2 Å². The molecule has 2 rings (SSSR count). The molecule has 0 bridgehead atoms. The molecule has 0 spiro atoms. The van der Waals surface area contributed by atoms with E-state index in [0.29, 0.717) is 18.5 Å². The SMILES string of the molecule is NC(=S)c1ccc(NC2CCCNC2=O)c(F)c1Br. The molecule has 1 fully saturated rings. The predicted octanol–water partition coefficient (Wildman–Crippen LogP) is 1.91. The van der Waals surface area contributed by atoms with Crippen LogP contribution in [0.3, 0.4) is 0 Å². The number of hydrogen-bond acceptors (Lipinski definition) is 3. The summed E-state index contributed by atoms with van der Waals surface area (Å²) >= 11 is 7.96. The number of nitrogens with one attached hydrogen (secondary N) is 2. The van der Waals surface area contributed by atoms with E-state index in [2.05, 4.69) is 26.6 Å². The van der Waals surface area contributed by atoms with Gasteiger partial charge in [0.05, 0.1) is 10.2 Å². The number of carbonyl (C=O) groups is 1. The molecule has 1 amide bonds. The molecular formula is C12H13BrFN3OS. The monoisotopic (exact) mass is 345 g/mol. The molecule has 0 aliphatic carbocycles. The van der Waals surface area contributed by atoms with Gasteiger partial charge >= 0.3 is 0 Å². The minimum atomic E-state index is -0.497. The van der Waals surface area contributed by atoms with Gasteiger partial charge in [-0.25, -0.2) is 4.39 Å². The van der Waals surface area contributed by atoms with Crippen LogP contribution in [-0.4, -0.2) is 23.5 Å². The van der Waals surface area contributed by atoms with Crippen molar-refractivity contribution in [3.05, 3.63) is 28.0 Å². The van der Waals surface area contributed by atoms with Gasteiger partial charge in [0, 0.05) is 12.1 Å². The molecule has 1 aromatic carbocycles. The molecule has 19 heavy (non-hydrogen) atoms. The number of carbonyl (C=O) groups excluding carboxylic acids is 1. The van der Waals surface area contributed by atoms with Gasteiger partial charge in [-0.1, -0.05) is 12.2 Å². The third-order valence-electron chi connectivity index (χ3n) is 2.96. The zero-order valence-electron chi connectivity index (χ0n) is 10.0. The van der Waals surface area contributed by atoms with Crippen LogP contribution in [0.5, 0.6) is 0 Å². The Labute approximate surface area is 124 Å². The molecule has 1 atom stereocenters. The fraction of sp³-hybridized carbons (Fsp3) is 0.333. The van der Waals surface area contributed by atoms with E-state index in [1.54, 1.807) is 6.07 Å². The largest absolute Gasteiger partial charge is 0.389 e. The van der Waals surface area contributed by atoms with Gasteiger partial charge in [0.25, 0.3) is 0 Å². The zero-order valence-corrected chi connectivity index (χ0v) is 12.4. The highest BCUT2D eigenvalue weighted by atomic mass is 79.9. The van der Waals surface area contributed by atoms with Gasteiger partial charge in [-0.3, -0.25) is 4.79 Å². The molecule has 1 aliphatic heterocycles. The quantitative estimate of drug-likeness (QED) is 0.732. The zero-order chi connectivity index (χ0) is 14.0. The number of nitrogens with two attached hydrogens (primary N) is 1. The van der Waals surface area contributed by atoms with Crippen molar-refractivity contribution in [1.29, 1.82) is 0 Å². The summed E-state index contributed by atoms with van der Waals surface area (Å²) in [7, 11) is 0. The first-order valence-corrected chi connectivity index (χ1v) is 7.03. The molecule has 1 aromatic rings. The maximum Gasteiger partial charge on any atom is 0.242 e. The number of piperidine rings is 1. The lowest BCUT2D eigenvalue weighted by Crippen LogP contribution is -2.44. The van der Waals surface area contributed by atoms with Crippen molar-refractivity contribution < 1.29 is 9.18 Å². The number of rotatable bonds is 3. The summed E-state index contributed by atoms with van der Waals surface area (Å²) in [5.74, 6) is -0.608. The number of benzene rings is 1. The summed E-state index contributed by atoms with van der Waals surface area (Å²) < 4.78 is 14.4. The Kier molecular flexibility index (Phi) is 4.36. The Morgan fingerprint density at radius 1 is 1.58 bits per heavy atom. The average molecular weight is 346 g/mol.